The average Bonchev–Trinajstić information content (AvgIpc) is 2.31. The molecule has 0 aliphatic carbocycles. The minimum Gasteiger partial charge on any atom is -0.506 e. The predicted octanol–water partition coefficient (Wildman–Crippen LogP) is 2.42. The van der Waals surface area contributed by atoms with E-state index in [1.165, 1.54) is 25.3 Å². The van der Waals surface area contributed by atoms with Crippen LogP contribution in [0.25, 0.3) is 10.9 Å². The van der Waals surface area contributed by atoms with E-state index in [0.717, 1.165) is 0 Å². The second-order valence-electron chi connectivity index (χ2n) is 3.67. The molecule has 0 aliphatic rings. The van der Waals surface area contributed by atoms with Crippen molar-refractivity contribution in [2.45, 2.75) is 6.92 Å². The molecule has 0 spiro atoms. The number of halogens is 1. The van der Waals surface area contributed by atoms with Crippen LogP contribution in [0, 0.1) is 11.3 Å². The van der Waals surface area contributed by atoms with Crippen LogP contribution < -0.4 is 5.32 Å². The number of hydrogen-bond donors (Lipinski definition) is 2. The standard InChI is InChI=1S/C12H8ClN3O2/c1-6(17)16-10-2-8-9(3-11(10)18)15-5-7(4-14)12(8)13/h2-3,5,18H,1H3,(H,16,17). The molecule has 1 aromatic carbocycles. The molecule has 6 heteroatoms. The summed E-state index contributed by atoms with van der Waals surface area (Å²) in [5.74, 6) is -0.420. The highest BCUT2D eigenvalue weighted by atomic mass is 35.5. The minimum absolute atomic E-state index is 0.106. The van der Waals surface area contributed by atoms with E-state index in [1.807, 2.05) is 6.07 Å². The Hall–Kier alpha value is -2.32. The van der Waals surface area contributed by atoms with Crippen molar-refractivity contribution in [3.63, 3.8) is 0 Å². The lowest BCUT2D eigenvalue weighted by Gasteiger charge is -2.08. The second kappa shape index (κ2) is 4.51. The van der Waals surface area contributed by atoms with Gasteiger partial charge in [0.15, 0.2) is 0 Å². The van der Waals surface area contributed by atoms with Gasteiger partial charge in [0.2, 0.25) is 5.91 Å². The zero-order chi connectivity index (χ0) is 13.3. The van der Waals surface area contributed by atoms with Gasteiger partial charge < -0.3 is 10.4 Å². The number of phenolic OH excluding ortho intramolecular Hbond substituents is 1. The molecular formula is C12H8ClN3O2. The number of carbonyl (C=O) groups is 1. The van der Waals surface area contributed by atoms with Gasteiger partial charge >= 0.3 is 0 Å². The molecule has 2 N–H and O–H groups in total. The Kier molecular flexibility index (Phi) is 3.04. The Morgan fingerprint density at radius 3 is 2.89 bits per heavy atom. The molecular weight excluding hydrogens is 254 g/mol. The largest absolute Gasteiger partial charge is 0.506 e. The first-order valence-electron chi connectivity index (χ1n) is 5.02. The molecule has 1 amide bonds. The number of carbonyl (C=O) groups excluding carboxylic acids is 1. The van der Waals surface area contributed by atoms with E-state index < -0.39 is 0 Å². The van der Waals surface area contributed by atoms with Crippen LogP contribution >= 0.6 is 11.6 Å². The number of benzene rings is 1. The molecule has 0 fully saturated rings. The summed E-state index contributed by atoms with van der Waals surface area (Å²) < 4.78 is 0. The zero-order valence-electron chi connectivity index (χ0n) is 9.36. The summed E-state index contributed by atoms with van der Waals surface area (Å²) in [4.78, 5) is 15.0. The number of nitrogens with one attached hydrogen (secondary N) is 1. The summed E-state index contributed by atoms with van der Waals surface area (Å²) in [7, 11) is 0. The Labute approximate surface area is 108 Å². The SMILES string of the molecule is CC(=O)Nc1cc2c(Cl)c(C#N)cnc2cc1O. The molecule has 0 unspecified atom stereocenters. The van der Waals surface area contributed by atoms with E-state index in [-0.39, 0.29) is 27.9 Å². The average molecular weight is 262 g/mol. The summed E-state index contributed by atoms with van der Waals surface area (Å²) in [6.45, 7) is 1.33. The number of phenols is 1. The maximum atomic E-state index is 11.0. The maximum absolute atomic E-state index is 11.0. The Balaban J connectivity index is 2.71. The number of amides is 1. The molecule has 0 saturated heterocycles. The van der Waals surface area contributed by atoms with E-state index >= 15 is 0 Å². The molecule has 5 nitrogen and oxygen atoms in total. The topological polar surface area (TPSA) is 86.0 Å². The molecule has 0 radical (unpaired) electrons. The van der Waals surface area contributed by atoms with Crippen LogP contribution in [-0.2, 0) is 4.79 Å². The van der Waals surface area contributed by atoms with Crippen LogP contribution in [0.1, 0.15) is 12.5 Å². The Morgan fingerprint density at radius 2 is 2.28 bits per heavy atom. The smallest absolute Gasteiger partial charge is 0.221 e. The van der Waals surface area contributed by atoms with Crippen molar-refractivity contribution in [2.24, 2.45) is 0 Å². The Bertz CT molecular complexity index is 692. The molecule has 1 aromatic heterocycles. The van der Waals surface area contributed by atoms with Crippen LogP contribution in [0.4, 0.5) is 5.69 Å². The van der Waals surface area contributed by atoms with Crippen LogP contribution in [0.15, 0.2) is 18.3 Å². The third kappa shape index (κ3) is 2.06. The van der Waals surface area contributed by atoms with E-state index in [1.54, 1.807) is 0 Å². The lowest BCUT2D eigenvalue weighted by atomic mass is 10.1. The van der Waals surface area contributed by atoms with Crippen molar-refractivity contribution in [1.29, 1.82) is 5.26 Å². The lowest BCUT2D eigenvalue weighted by Crippen LogP contribution is -2.06. The van der Waals surface area contributed by atoms with Crippen LogP contribution in [0.5, 0.6) is 5.75 Å². The van der Waals surface area contributed by atoms with Gasteiger partial charge in [-0.25, -0.2) is 0 Å². The third-order valence-electron chi connectivity index (χ3n) is 2.35. The molecule has 2 aromatic rings. The highest BCUT2D eigenvalue weighted by Crippen LogP contribution is 2.33. The van der Waals surface area contributed by atoms with Gasteiger partial charge in [-0.2, -0.15) is 5.26 Å². The summed E-state index contributed by atoms with van der Waals surface area (Å²) in [6.07, 6.45) is 1.34. The van der Waals surface area contributed by atoms with Gasteiger partial charge in [-0.15, -0.1) is 0 Å². The van der Waals surface area contributed by atoms with E-state index in [9.17, 15) is 9.90 Å². The predicted molar refractivity (Wildman–Crippen MR) is 67.4 cm³/mol. The fourth-order valence-corrected chi connectivity index (χ4v) is 1.81. The second-order valence-corrected chi connectivity index (χ2v) is 4.04. The van der Waals surface area contributed by atoms with Gasteiger partial charge in [-0.3, -0.25) is 9.78 Å². The van der Waals surface area contributed by atoms with Crippen molar-refractivity contribution >= 4 is 34.1 Å². The van der Waals surface area contributed by atoms with Gasteiger partial charge in [0, 0.05) is 24.6 Å². The number of rotatable bonds is 1. The van der Waals surface area contributed by atoms with Gasteiger partial charge in [0.25, 0.3) is 0 Å². The van der Waals surface area contributed by atoms with Gasteiger partial charge in [-0.1, -0.05) is 11.6 Å². The Morgan fingerprint density at radius 1 is 1.56 bits per heavy atom. The minimum atomic E-state index is -0.315. The monoisotopic (exact) mass is 261 g/mol. The summed E-state index contributed by atoms with van der Waals surface area (Å²) in [6, 6.07) is 4.79. The highest BCUT2D eigenvalue weighted by Gasteiger charge is 2.11. The quantitative estimate of drug-likeness (QED) is 0.772. The molecule has 90 valence electrons. The van der Waals surface area contributed by atoms with E-state index in [4.69, 9.17) is 16.9 Å². The van der Waals surface area contributed by atoms with Crippen molar-refractivity contribution in [1.82, 2.24) is 4.98 Å². The number of nitriles is 1. The number of anilines is 1. The zero-order valence-corrected chi connectivity index (χ0v) is 10.1. The highest BCUT2D eigenvalue weighted by molar-refractivity contribution is 6.36. The summed E-state index contributed by atoms with van der Waals surface area (Å²) in [5, 5.41) is 21.8. The number of nitrogens with zero attached hydrogens (tertiary/aromatic N) is 2. The molecule has 0 atom stereocenters. The molecule has 0 saturated carbocycles. The van der Waals surface area contributed by atoms with E-state index in [2.05, 4.69) is 10.3 Å². The van der Waals surface area contributed by atoms with Gasteiger partial charge in [0.1, 0.15) is 11.8 Å². The maximum Gasteiger partial charge on any atom is 0.221 e. The van der Waals surface area contributed by atoms with Crippen molar-refractivity contribution in [2.75, 3.05) is 5.32 Å². The third-order valence-corrected chi connectivity index (χ3v) is 2.76. The van der Waals surface area contributed by atoms with Gasteiger partial charge in [0.05, 0.1) is 21.8 Å². The van der Waals surface area contributed by atoms with Crippen LogP contribution in [0.3, 0.4) is 0 Å². The fourth-order valence-electron chi connectivity index (χ4n) is 1.56. The number of aromatic hydroxyl groups is 1. The first-order valence-corrected chi connectivity index (χ1v) is 5.39. The number of pyridine rings is 1. The first kappa shape index (κ1) is 12.1. The normalized spacial score (nSPS) is 10.1. The van der Waals surface area contributed by atoms with Crippen molar-refractivity contribution in [3.8, 4) is 11.8 Å². The number of hydrogen-bond acceptors (Lipinski definition) is 4. The molecule has 1 heterocycles. The summed E-state index contributed by atoms with van der Waals surface area (Å²) in [5.41, 5.74) is 0.919. The van der Waals surface area contributed by atoms with Crippen LogP contribution in [0.2, 0.25) is 5.02 Å². The number of aromatic nitrogens is 1. The van der Waals surface area contributed by atoms with Crippen molar-refractivity contribution in [3.05, 3.63) is 28.9 Å². The van der Waals surface area contributed by atoms with Gasteiger partial charge in [-0.05, 0) is 6.07 Å². The summed E-state index contributed by atoms with van der Waals surface area (Å²) >= 11 is 6.05. The van der Waals surface area contributed by atoms with Crippen LogP contribution in [-0.4, -0.2) is 16.0 Å². The molecule has 0 bridgehead atoms. The fraction of sp³-hybridized carbons (Fsp3) is 0.0833. The van der Waals surface area contributed by atoms with Crippen molar-refractivity contribution < 1.29 is 9.90 Å². The van der Waals surface area contributed by atoms with E-state index in [0.29, 0.717) is 10.9 Å². The lowest BCUT2D eigenvalue weighted by molar-refractivity contribution is -0.114. The molecule has 18 heavy (non-hydrogen) atoms. The molecule has 2 rings (SSSR count). The first-order chi connectivity index (χ1) is 8.52. The number of fused-ring (bicyclic) bond motifs is 1. The molecule has 0 aliphatic heterocycles.